The fraction of sp³-hybridized carbons (Fsp3) is 0.417. The molecule has 0 bridgehead atoms. The zero-order valence-electron chi connectivity index (χ0n) is 9.58. The number of aromatic carboxylic acids is 1. The van der Waals surface area contributed by atoms with Crippen LogP contribution in [0.1, 0.15) is 15.9 Å². The van der Waals surface area contributed by atoms with Gasteiger partial charge in [0, 0.05) is 30.5 Å². The number of aryl methyl sites for hydroxylation is 1. The molecule has 0 spiro atoms. The molecule has 0 fully saturated rings. The summed E-state index contributed by atoms with van der Waals surface area (Å²) in [4.78, 5) is 12.8. The van der Waals surface area contributed by atoms with Crippen LogP contribution < -0.4 is 10.0 Å². The fourth-order valence-electron chi connectivity index (χ4n) is 1.63. The molecule has 1 rings (SSSR count). The number of hydrogen-bond acceptors (Lipinski definition) is 3. The van der Waals surface area contributed by atoms with Crippen molar-refractivity contribution in [3.8, 4) is 0 Å². The summed E-state index contributed by atoms with van der Waals surface area (Å²) < 4.78 is 0. The first-order valence-corrected chi connectivity index (χ1v) is 6.36. The third kappa shape index (κ3) is 3.79. The van der Waals surface area contributed by atoms with Crippen LogP contribution >= 0.6 is 23.2 Å². The second-order valence-corrected chi connectivity index (χ2v) is 4.41. The zero-order chi connectivity index (χ0) is 12.8. The maximum Gasteiger partial charge on any atom is 0.0716 e. The van der Waals surface area contributed by atoms with Gasteiger partial charge in [-0.05, 0) is 24.1 Å². The molecule has 0 N–H and O–H groups in total. The number of hydrogen-bond donors (Lipinski definition) is 0. The SMILES string of the molecule is Cc1ccc(C(=O)[O-])cc1N(CCCl)CCCl. The van der Waals surface area contributed by atoms with E-state index in [0.717, 1.165) is 11.3 Å². The maximum absolute atomic E-state index is 10.8. The number of carboxylic acids is 1. The lowest BCUT2D eigenvalue weighted by molar-refractivity contribution is -0.255. The topological polar surface area (TPSA) is 43.4 Å². The number of carboxylic acid groups (broad SMARTS) is 1. The number of anilines is 1. The summed E-state index contributed by atoms with van der Waals surface area (Å²) in [6.07, 6.45) is 0. The average Bonchev–Trinajstić information content (AvgIpc) is 2.29. The Hall–Kier alpha value is -0.930. The number of nitrogens with zero attached hydrogens (tertiary/aromatic N) is 1. The van der Waals surface area contributed by atoms with E-state index in [4.69, 9.17) is 23.2 Å². The molecule has 0 saturated carbocycles. The van der Waals surface area contributed by atoms with E-state index in [9.17, 15) is 9.90 Å². The van der Waals surface area contributed by atoms with Gasteiger partial charge in [-0.2, -0.15) is 0 Å². The Morgan fingerprint density at radius 2 is 1.88 bits per heavy atom. The zero-order valence-corrected chi connectivity index (χ0v) is 11.1. The molecule has 0 unspecified atom stereocenters. The average molecular weight is 275 g/mol. The minimum atomic E-state index is -1.18. The van der Waals surface area contributed by atoms with Crippen LogP contribution in [0.5, 0.6) is 0 Å². The Kier molecular flexibility index (Phi) is 5.59. The molecule has 0 aromatic heterocycles. The summed E-state index contributed by atoms with van der Waals surface area (Å²) in [7, 11) is 0. The van der Waals surface area contributed by atoms with Crippen molar-refractivity contribution in [2.75, 3.05) is 29.7 Å². The maximum atomic E-state index is 10.8. The highest BCUT2D eigenvalue weighted by molar-refractivity contribution is 6.18. The van der Waals surface area contributed by atoms with Gasteiger partial charge in [0.1, 0.15) is 0 Å². The molecular formula is C12H14Cl2NO2-. The number of rotatable bonds is 6. The lowest BCUT2D eigenvalue weighted by atomic mass is 10.1. The molecule has 0 aliphatic rings. The van der Waals surface area contributed by atoms with Gasteiger partial charge >= 0.3 is 0 Å². The van der Waals surface area contributed by atoms with Crippen LogP contribution in [0.3, 0.4) is 0 Å². The van der Waals surface area contributed by atoms with Gasteiger partial charge in [0.25, 0.3) is 0 Å². The monoisotopic (exact) mass is 274 g/mol. The molecule has 3 nitrogen and oxygen atoms in total. The molecule has 0 saturated heterocycles. The summed E-state index contributed by atoms with van der Waals surface area (Å²) in [5.74, 6) is -0.249. The van der Waals surface area contributed by atoms with Crippen LogP contribution in [-0.2, 0) is 0 Å². The number of alkyl halides is 2. The predicted octanol–water partition coefficient (Wildman–Crippen LogP) is 1.64. The lowest BCUT2D eigenvalue weighted by Crippen LogP contribution is -2.29. The third-order valence-corrected chi connectivity index (χ3v) is 2.83. The largest absolute Gasteiger partial charge is 0.545 e. The van der Waals surface area contributed by atoms with Crippen molar-refractivity contribution in [2.24, 2.45) is 0 Å². The quantitative estimate of drug-likeness (QED) is 0.741. The Morgan fingerprint density at radius 1 is 1.29 bits per heavy atom. The predicted molar refractivity (Wildman–Crippen MR) is 69.2 cm³/mol. The normalized spacial score (nSPS) is 10.3. The first-order valence-electron chi connectivity index (χ1n) is 5.29. The van der Waals surface area contributed by atoms with E-state index in [-0.39, 0.29) is 5.56 Å². The first kappa shape index (κ1) is 14.1. The van der Waals surface area contributed by atoms with Crippen molar-refractivity contribution in [2.45, 2.75) is 6.92 Å². The molecule has 94 valence electrons. The molecule has 5 heteroatoms. The van der Waals surface area contributed by atoms with Crippen molar-refractivity contribution >= 4 is 34.9 Å². The highest BCUT2D eigenvalue weighted by Gasteiger charge is 2.09. The molecule has 17 heavy (non-hydrogen) atoms. The second kappa shape index (κ2) is 6.72. The van der Waals surface area contributed by atoms with Gasteiger partial charge in [-0.25, -0.2) is 0 Å². The van der Waals surface area contributed by atoms with Crippen LogP contribution in [-0.4, -0.2) is 30.8 Å². The molecule has 0 amide bonds. The van der Waals surface area contributed by atoms with E-state index >= 15 is 0 Å². The Labute approximate surface area is 111 Å². The molecule has 0 aliphatic heterocycles. The second-order valence-electron chi connectivity index (χ2n) is 3.65. The molecule has 0 aliphatic carbocycles. The van der Waals surface area contributed by atoms with Gasteiger partial charge in [-0.3, -0.25) is 0 Å². The molecular weight excluding hydrogens is 261 g/mol. The van der Waals surface area contributed by atoms with Crippen molar-refractivity contribution in [1.29, 1.82) is 0 Å². The van der Waals surface area contributed by atoms with Crippen molar-refractivity contribution < 1.29 is 9.90 Å². The van der Waals surface area contributed by atoms with E-state index in [1.807, 2.05) is 11.8 Å². The minimum Gasteiger partial charge on any atom is -0.545 e. The van der Waals surface area contributed by atoms with Gasteiger partial charge in [-0.1, -0.05) is 12.1 Å². The Balaban J connectivity index is 3.07. The van der Waals surface area contributed by atoms with E-state index in [2.05, 4.69) is 0 Å². The van der Waals surface area contributed by atoms with Gasteiger partial charge in [0.15, 0.2) is 0 Å². The van der Waals surface area contributed by atoms with E-state index in [0.29, 0.717) is 24.8 Å². The van der Waals surface area contributed by atoms with Crippen LogP contribution in [0.15, 0.2) is 18.2 Å². The lowest BCUT2D eigenvalue weighted by Gasteiger charge is -2.25. The highest BCUT2D eigenvalue weighted by atomic mass is 35.5. The van der Waals surface area contributed by atoms with Gasteiger partial charge in [-0.15, -0.1) is 23.2 Å². The molecule has 0 atom stereocenters. The molecule has 1 aromatic carbocycles. The van der Waals surface area contributed by atoms with Crippen LogP contribution in [0.2, 0.25) is 0 Å². The fourth-order valence-corrected chi connectivity index (χ4v) is 2.04. The third-order valence-electron chi connectivity index (χ3n) is 2.49. The Bertz CT molecular complexity index is 390. The smallest absolute Gasteiger partial charge is 0.0716 e. The number of halogens is 2. The van der Waals surface area contributed by atoms with Crippen LogP contribution in [0, 0.1) is 6.92 Å². The summed E-state index contributed by atoms with van der Waals surface area (Å²) >= 11 is 11.4. The highest BCUT2D eigenvalue weighted by Crippen LogP contribution is 2.21. The number of carbonyl (C=O) groups excluding carboxylic acids is 1. The summed E-state index contributed by atoms with van der Waals surface area (Å²) in [6, 6.07) is 4.90. The standard InChI is InChI=1S/C12H15Cl2NO2/c1-9-2-3-10(12(16)17)8-11(9)15(6-4-13)7-5-14/h2-3,8H,4-7H2,1H3,(H,16,17)/p-1. The van der Waals surface area contributed by atoms with E-state index in [1.54, 1.807) is 12.1 Å². The minimum absolute atomic E-state index is 0.166. The molecule has 0 heterocycles. The van der Waals surface area contributed by atoms with Crippen LogP contribution in [0.4, 0.5) is 5.69 Å². The number of carbonyl (C=O) groups is 1. The van der Waals surface area contributed by atoms with Crippen LogP contribution in [0.25, 0.3) is 0 Å². The van der Waals surface area contributed by atoms with Gasteiger partial charge in [0.05, 0.1) is 5.97 Å². The summed E-state index contributed by atoms with van der Waals surface area (Å²) in [5, 5.41) is 10.8. The Morgan fingerprint density at radius 3 is 2.35 bits per heavy atom. The van der Waals surface area contributed by atoms with Crippen molar-refractivity contribution in [3.63, 3.8) is 0 Å². The number of benzene rings is 1. The van der Waals surface area contributed by atoms with E-state index in [1.165, 1.54) is 6.07 Å². The van der Waals surface area contributed by atoms with Gasteiger partial charge < -0.3 is 14.8 Å². The van der Waals surface area contributed by atoms with Gasteiger partial charge in [0.2, 0.25) is 0 Å². The summed E-state index contributed by atoms with van der Waals surface area (Å²) in [6.45, 7) is 3.18. The molecule has 0 radical (unpaired) electrons. The van der Waals surface area contributed by atoms with Crippen molar-refractivity contribution in [1.82, 2.24) is 0 Å². The molecule has 1 aromatic rings. The van der Waals surface area contributed by atoms with E-state index < -0.39 is 5.97 Å². The first-order chi connectivity index (χ1) is 8.10. The summed E-state index contributed by atoms with van der Waals surface area (Å²) in [5.41, 5.74) is 2.00. The van der Waals surface area contributed by atoms with Crippen molar-refractivity contribution in [3.05, 3.63) is 29.3 Å².